The highest BCUT2D eigenvalue weighted by Gasteiger charge is 2.25. The minimum Gasteiger partial charge on any atom is -0.490 e. The van der Waals surface area contributed by atoms with Gasteiger partial charge in [-0.2, -0.15) is 0 Å². The smallest absolute Gasteiger partial charge is 0.335 e. The fraction of sp³-hybridized carbons (Fsp3) is 0.250. The van der Waals surface area contributed by atoms with Crippen molar-refractivity contribution in [1.82, 2.24) is 0 Å². The lowest BCUT2D eigenvalue weighted by atomic mass is 9.78. The van der Waals surface area contributed by atoms with E-state index in [0.717, 1.165) is 52.3 Å². The summed E-state index contributed by atoms with van der Waals surface area (Å²) in [6, 6.07) is 31.3. The van der Waals surface area contributed by atoms with Crippen molar-refractivity contribution in [3.63, 3.8) is 0 Å². The lowest BCUT2D eigenvalue weighted by Gasteiger charge is -2.27. The highest BCUT2D eigenvalue weighted by molar-refractivity contribution is 5.83. The van der Waals surface area contributed by atoms with Gasteiger partial charge in [0.15, 0.2) is 0 Å². The molecule has 0 aliphatic carbocycles. The van der Waals surface area contributed by atoms with Crippen molar-refractivity contribution in [3.05, 3.63) is 145 Å². The molecule has 4 rings (SSSR count). The van der Waals surface area contributed by atoms with Gasteiger partial charge in [-0.15, -0.1) is 0 Å². The van der Waals surface area contributed by atoms with E-state index in [9.17, 15) is 9.59 Å². The molecule has 6 nitrogen and oxygen atoms in total. The van der Waals surface area contributed by atoms with Crippen molar-refractivity contribution in [1.29, 1.82) is 0 Å². The average molecular weight is 619 g/mol. The summed E-state index contributed by atoms with van der Waals surface area (Å²) >= 11 is 0. The van der Waals surface area contributed by atoms with Crippen LogP contribution in [0.3, 0.4) is 0 Å². The number of rotatable bonds is 14. The molecule has 4 aromatic rings. The second kappa shape index (κ2) is 14.8. The second-order valence-electron chi connectivity index (χ2n) is 12.1. The van der Waals surface area contributed by atoms with Crippen LogP contribution in [0, 0.1) is 0 Å². The first kappa shape index (κ1) is 33.8. The van der Waals surface area contributed by atoms with Crippen LogP contribution in [0.2, 0.25) is 0 Å². The molecule has 0 saturated carbocycles. The zero-order valence-electron chi connectivity index (χ0n) is 27.2. The number of carbonyl (C=O) groups is 2. The largest absolute Gasteiger partial charge is 0.490 e. The molecule has 0 spiro atoms. The summed E-state index contributed by atoms with van der Waals surface area (Å²) in [5.41, 5.74) is 3.93. The molecule has 0 fully saturated rings. The van der Waals surface area contributed by atoms with Crippen LogP contribution in [0.1, 0.15) is 63.3 Å². The van der Waals surface area contributed by atoms with E-state index in [0.29, 0.717) is 18.1 Å². The Balaban J connectivity index is 1.33. The summed E-state index contributed by atoms with van der Waals surface area (Å²) in [6.07, 6.45) is 2.97. The van der Waals surface area contributed by atoms with Crippen LogP contribution < -0.4 is 18.9 Å². The molecule has 46 heavy (non-hydrogen) atoms. The number of benzene rings is 4. The predicted octanol–water partition coefficient (Wildman–Crippen LogP) is 8.76. The van der Waals surface area contributed by atoms with Crippen LogP contribution in [0.4, 0.5) is 0 Å². The Bertz CT molecular complexity index is 1630. The van der Waals surface area contributed by atoms with Gasteiger partial charge in [-0.25, -0.2) is 9.59 Å². The van der Waals surface area contributed by atoms with Crippen molar-refractivity contribution in [2.45, 2.75) is 58.0 Å². The Hall–Kier alpha value is -5.10. The average Bonchev–Trinajstić information content (AvgIpc) is 3.07. The fourth-order valence-electron chi connectivity index (χ4n) is 5.06. The molecular weight excluding hydrogens is 576 g/mol. The Morgan fingerprint density at radius 3 is 1.24 bits per heavy atom. The zero-order valence-corrected chi connectivity index (χ0v) is 27.2. The van der Waals surface area contributed by atoms with E-state index < -0.39 is 11.9 Å². The molecule has 238 valence electrons. The minimum absolute atomic E-state index is 0.116. The monoisotopic (exact) mass is 618 g/mol. The number of esters is 2. The van der Waals surface area contributed by atoms with Gasteiger partial charge in [0.05, 0.1) is 0 Å². The minimum atomic E-state index is -0.480. The van der Waals surface area contributed by atoms with Gasteiger partial charge in [0.2, 0.25) is 0 Å². The van der Waals surface area contributed by atoms with Crippen LogP contribution >= 0.6 is 0 Å². The topological polar surface area (TPSA) is 71.1 Å². The Labute approximate surface area is 272 Å². The first-order valence-electron chi connectivity index (χ1n) is 15.4. The highest BCUT2D eigenvalue weighted by atomic mass is 16.5. The summed E-state index contributed by atoms with van der Waals surface area (Å²) < 4.78 is 22.8. The quantitative estimate of drug-likeness (QED) is 0.0799. The van der Waals surface area contributed by atoms with E-state index in [2.05, 4.69) is 72.0 Å². The molecule has 0 N–H and O–H groups in total. The third kappa shape index (κ3) is 8.33. The molecule has 6 heteroatoms. The van der Waals surface area contributed by atoms with Gasteiger partial charge >= 0.3 is 11.9 Å². The van der Waals surface area contributed by atoms with E-state index in [1.54, 1.807) is 24.3 Å². The molecule has 4 aromatic carbocycles. The van der Waals surface area contributed by atoms with Crippen LogP contribution in [0.5, 0.6) is 23.0 Å². The van der Waals surface area contributed by atoms with Crippen LogP contribution in [0.15, 0.2) is 122 Å². The van der Waals surface area contributed by atoms with Gasteiger partial charge in [-0.05, 0) is 77.2 Å². The van der Waals surface area contributed by atoms with Crippen molar-refractivity contribution in [2.24, 2.45) is 0 Å². The van der Waals surface area contributed by atoms with E-state index in [-0.39, 0.29) is 16.9 Å². The third-order valence-electron chi connectivity index (χ3n) is 8.27. The molecule has 0 radical (unpaired) electrons. The Morgan fingerprint density at radius 2 is 0.913 bits per heavy atom. The summed E-state index contributed by atoms with van der Waals surface area (Å²) in [5, 5.41) is 0. The number of hydrogen-bond donors (Lipinski definition) is 0. The molecule has 1 unspecified atom stereocenters. The molecular formula is C40H42O6. The molecule has 0 saturated heterocycles. The van der Waals surface area contributed by atoms with Gasteiger partial charge in [0, 0.05) is 23.0 Å². The molecule has 0 bridgehead atoms. The van der Waals surface area contributed by atoms with E-state index >= 15 is 0 Å². The Morgan fingerprint density at radius 1 is 0.587 bits per heavy atom. The SMILES string of the molecule is C=CC(=O)Oc1ccc(C(C)(C)c2ccc(OCC(CC)Oc3ccc(C(C)(C)c4ccc(OC(=O)C=C)cc4)cc3)cc2)cc1. The molecule has 0 aromatic heterocycles. The van der Waals surface area contributed by atoms with Crippen LogP contribution in [-0.4, -0.2) is 24.6 Å². The number of hydrogen-bond acceptors (Lipinski definition) is 6. The summed E-state index contributed by atoms with van der Waals surface area (Å²) in [7, 11) is 0. The predicted molar refractivity (Wildman–Crippen MR) is 182 cm³/mol. The zero-order chi connectivity index (χ0) is 33.3. The second-order valence-corrected chi connectivity index (χ2v) is 12.1. The molecule has 1 atom stereocenters. The molecule has 0 aliphatic rings. The highest BCUT2D eigenvalue weighted by Crippen LogP contribution is 2.35. The Kier molecular flexibility index (Phi) is 10.9. The van der Waals surface area contributed by atoms with Crippen molar-refractivity contribution in [2.75, 3.05) is 6.61 Å². The van der Waals surface area contributed by atoms with Crippen molar-refractivity contribution in [3.8, 4) is 23.0 Å². The maximum atomic E-state index is 11.5. The van der Waals surface area contributed by atoms with Gasteiger partial charge in [-0.1, -0.05) is 96.3 Å². The van der Waals surface area contributed by atoms with Crippen molar-refractivity contribution >= 4 is 11.9 Å². The van der Waals surface area contributed by atoms with Gasteiger partial charge in [0.1, 0.15) is 35.7 Å². The first-order chi connectivity index (χ1) is 22.0. The molecule has 0 heterocycles. The standard InChI is InChI=1S/C40H42O6/c1-8-32(44-34-21-13-29(14-22-34)40(6,7)31-17-25-36(26-18-31)46-38(42)10-3)27-43-33-19-11-28(12-20-33)39(4,5)30-15-23-35(24-16-30)45-37(41)9-2/h9-26,32H,2-3,8,27H2,1,4-7H3. The molecule has 0 amide bonds. The maximum Gasteiger partial charge on any atom is 0.335 e. The molecule has 0 aliphatic heterocycles. The lowest BCUT2D eigenvalue weighted by molar-refractivity contribution is -0.129. The summed E-state index contributed by atoms with van der Waals surface area (Å²) in [6.45, 7) is 18.0. The summed E-state index contributed by atoms with van der Waals surface area (Å²) in [4.78, 5) is 23.0. The van der Waals surface area contributed by atoms with Crippen LogP contribution in [-0.2, 0) is 20.4 Å². The van der Waals surface area contributed by atoms with E-state index in [1.807, 2.05) is 48.5 Å². The van der Waals surface area contributed by atoms with Gasteiger partial charge in [0.25, 0.3) is 0 Å². The normalized spacial score (nSPS) is 12.0. The lowest BCUT2D eigenvalue weighted by Crippen LogP contribution is -2.24. The van der Waals surface area contributed by atoms with Gasteiger partial charge in [-0.3, -0.25) is 0 Å². The fourth-order valence-corrected chi connectivity index (χ4v) is 5.06. The third-order valence-corrected chi connectivity index (χ3v) is 8.27. The number of ether oxygens (including phenoxy) is 4. The summed E-state index contributed by atoms with van der Waals surface area (Å²) in [5.74, 6) is 1.56. The van der Waals surface area contributed by atoms with E-state index in [1.165, 1.54) is 0 Å². The number of carbonyl (C=O) groups excluding carboxylic acids is 2. The van der Waals surface area contributed by atoms with E-state index in [4.69, 9.17) is 18.9 Å². The van der Waals surface area contributed by atoms with Crippen LogP contribution in [0.25, 0.3) is 0 Å². The first-order valence-corrected chi connectivity index (χ1v) is 15.4. The van der Waals surface area contributed by atoms with Gasteiger partial charge < -0.3 is 18.9 Å². The maximum absolute atomic E-state index is 11.5. The van der Waals surface area contributed by atoms with Crippen molar-refractivity contribution < 1.29 is 28.5 Å².